The highest BCUT2D eigenvalue weighted by Gasteiger charge is 2.89. The van der Waals surface area contributed by atoms with Crippen molar-refractivity contribution in [2.75, 3.05) is 0 Å². The summed E-state index contributed by atoms with van der Waals surface area (Å²) in [6, 6.07) is 8.16. The zero-order chi connectivity index (χ0) is 26.4. The number of ketones is 2. The summed E-state index contributed by atoms with van der Waals surface area (Å²) >= 11 is 0. The molecule has 7 aliphatic carbocycles. The molecule has 11 rings (SSSR count). The molecule has 0 radical (unpaired) electrons. The highest BCUT2D eigenvalue weighted by Crippen LogP contribution is 2.94. The molecule has 0 amide bonds. The van der Waals surface area contributed by atoms with Crippen molar-refractivity contribution in [3.63, 3.8) is 0 Å². The van der Waals surface area contributed by atoms with E-state index in [1.54, 1.807) is 0 Å². The van der Waals surface area contributed by atoms with Crippen LogP contribution in [0.3, 0.4) is 0 Å². The molecule has 40 heavy (non-hydrogen) atoms. The average molecular weight is 523 g/mol. The van der Waals surface area contributed by atoms with Gasteiger partial charge in [-0.2, -0.15) is 0 Å². The minimum atomic E-state index is 0.0893. The van der Waals surface area contributed by atoms with Gasteiger partial charge in [0, 0.05) is 46.1 Å². The van der Waals surface area contributed by atoms with Crippen molar-refractivity contribution in [2.45, 2.75) is 38.5 Å². The minimum Gasteiger partial charge on any atom is -0.290 e. The Hall–Kier alpha value is -3.80. The molecular formula is C34H26N4O2. The number of hydrogen-bond donors (Lipinski definition) is 0. The number of hydrogen-bond acceptors (Lipinski definition) is 6. The van der Waals surface area contributed by atoms with Gasteiger partial charge in [-0.3, -0.25) is 19.6 Å². The lowest BCUT2D eigenvalue weighted by Crippen LogP contribution is -2.80. The average Bonchev–Trinajstić information content (AvgIpc) is 3.74. The number of carbonyl (C=O) groups excluding carboxylic acids is 2. The van der Waals surface area contributed by atoms with Gasteiger partial charge < -0.3 is 0 Å². The summed E-state index contributed by atoms with van der Waals surface area (Å²) in [5.74, 6) is 3.65. The van der Waals surface area contributed by atoms with Gasteiger partial charge in [-0.15, -0.1) is 0 Å². The van der Waals surface area contributed by atoms with E-state index in [1.165, 1.54) is 23.5 Å². The SMILES string of the molecule is CC12C3C([C@H]4C[C@@H]3c3nc5c6cccnc6c6ncccc6c5nc34)C1(C)C1C3C[C@@H](C4=C3C(=O)C=CC4=O)C12. The van der Waals surface area contributed by atoms with Gasteiger partial charge >= 0.3 is 0 Å². The Bertz CT molecular complexity index is 1920. The van der Waals surface area contributed by atoms with Gasteiger partial charge in [0.1, 0.15) is 0 Å². The van der Waals surface area contributed by atoms with Crippen LogP contribution in [0.15, 0.2) is 60.0 Å². The lowest BCUT2D eigenvalue weighted by molar-refractivity contribution is -0.354. The summed E-state index contributed by atoms with van der Waals surface area (Å²) in [7, 11) is 0. The van der Waals surface area contributed by atoms with Crippen LogP contribution in [0.25, 0.3) is 32.8 Å². The number of fused-ring (bicyclic) bond motifs is 26. The fourth-order valence-corrected chi connectivity index (χ4v) is 12.5. The molecule has 4 fully saturated rings. The maximum Gasteiger partial charge on any atom is 0.182 e. The summed E-state index contributed by atoms with van der Waals surface area (Å²) in [5.41, 5.74) is 8.16. The van der Waals surface area contributed by atoms with E-state index in [1.807, 2.05) is 24.5 Å². The topological polar surface area (TPSA) is 85.7 Å². The lowest BCUT2D eigenvalue weighted by atomic mass is 9.20. The summed E-state index contributed by atoms with van der Waals surface area (Å²) in [6.45, 7) is 5.04. The molecule has 7 aliphatic rings. The Morgan fingerprint density at radius 2 is 1.05 bits per heavy atom. The third-order valence-electron chi connectivity index (χ3n) is 13.4. The largest absolute Gasteiger partial charge is 0.290 e. The Kier molecular flexibility index (Phi) is 3.20. The van der Waals surface area contributed by atoms with E-state index in [-0.39, 0.29) is 34.2 Å². The Morgan fingerprint density at radius 1 is 0.625 bits per heavy atom. The number of allylic oxidation sites excluding steroid dienone is 4. The Morgan fingerprint density at radius 3 is 1.52 bits per heavy atom. The van der Waals surface area contributed by atoms with E-state index in [2.05, 4.69) is 26.0 Å². The Balaban J connectivity index is 1.11. The van der Waals surface area contributed by atoms with Gasteiger partial charge in [0.2, 0.25) is 0 Å². The molecule has 7 unspecified atom stereocenters. The third kappa shape index (κ3) is 1.81. The zero-order valence-electron chi connectivity index (χ0n) is 22.3. The van der Waals surface area contributed by atoms with E-state index in [4.69, 9.17) is 19.9 Å². The van der Waals surface area contributed by atoms with Crippen LogP contribution in [0, 0.1) is 46.3 Å². The molecular weight excluding hydrogens is 496 g/mol. The van der Waals surface area contributed by atoms with Crippen molar-refractivity contribution in [3.8, 4) is 0 Å². The summed E-state index contributed by atoms with van der Waals surface area (Å²) in [5, 5.41) is 2.04. The van der Waals surface area contributed by atoms with E-state index >= 15 is 0 Å². The van der Waals surface area contributed by atoms with Gasteiger partial charge in [-0.1, -0.05) is 13.8 Å². The number of aromatic nitrogens is 4. The van der Waals surface area contributed by atoms with Crippen LogP contribution in [0.4, 0.5) is 0 Å². The van der Waals surface area contributed by atoms with Crippen LogP contribution < -0.4 is 0 Å². The number of pyridine rings is 2. The predicted molar refractivity (Wildman–Crippen MR) is 148 cm³/mol. The third-order valence-corrected chi connectivity index (χ3v) is 13.4. The smallest absolute Gasteiger partial charge is 0.182 e. The first kappa shape index (κ1) is 21.0. The molecule has 0 spiro atoms. The highest BCUT2D eigenvalue weighted by molar-refractivity contribution is 6.22. The van der Waals surface area contributed by atoms with Crippen LogP contribution in [-0.4, -0.2) is 31.5 Å². The molecule has 0 aliphatic heterocycles. The summed E-state index contributed by atoms with van der Waals surface area (Å²) in [6.07, 6.45) is 8.82. The summed E-state index contributed by atoms with van der Waals surface area (Å²) < 4.78 is 0. The standard InChI is InChI=1S/C34H26N4O2/c1-33-23-15-11-16(22-20(40)8-7-19(39)21(15)22)24(23)34(33,2)26-18-12-17(25(26)33)31-32(18)38-30-14-6-4-10-36-28(14)27-13(29(30)37-31)5-3-9-35-27/h3-10,15-18,23-26H,11-12H2,1-2H3/t15-,16?,17-,18+,23?,24?,25?,26?,33?,34?/m0/s1. The van der Waals surface area contributed by atoms with Crippen molar-refractivity contribution in [3.05, 3.63) is 71.3 Å². The second kappa shape index (κ2) is 6.09. The molecule has 6 nitrogen and oxygen atoms in total. The van der Waals surface area contributed by atoms with Crippen LogP contribution in [0.1, 0.15) is 49.9 Å². The van der Waals surface area contributed by atoms with Crippen molar-refractivity contribution in [2.24, 2.45) is 46.3 Å². The number of carbonyl (C=O) groups is 2. The van der Waals surface area contributed by atoms with Crippen molar-refractivity contribution >= 4 is 44.4 Å². The number of nitrogens with zero attached hydrogens (tertiary/aromatic N) is 4. The van der Waals surface area contributed by atoms with Crippen LogP contribution >= 0.6 is 0 Å². The molecule has 6 heteroatoms. The fraction of sp³-hybridized carbons (Fsp3) is 0.412. The Labute approximate surface area is 230 Å². The number of benzene rings is 1. The molecule has 3 heterocycles. The lowest BCUT2D eigenvalue weighted by Gasteiger charge is -2.83. The van der Waals surface area contributed by atoms with Gasteiger partial charge in [-0.05, 0) is 95.6 Å². The molecule has 4 bridgehead atoms. The molecule has 0 saturated heterocycles. The van der Waals surface area contributed by atoms with E-state index in [0.29, 0.717) is 35.5 Å². The van der Waals surface area contributed by atoms with Gasteiger partial charge in [0.15, 0.2) is 11.6 Å². The minimum absolute atomic E-state index is 0.0893. The van der Waals surface area contributed by atoms with E-state index in [0.717, 1.165) is 56.8 Å². The number of rotatable bonds is 0. The fourth-order valence-electron chi connectivity index (χ4n) is 12.5. The van der Waals surface area contributed by atoms with Crippen molar-refractivity contribution in [1.29, 1.82) is 0 Å². The molecule has 3 aromatic heterocycles. The first-order valence-corrected chi connectivity index (χ1v) is 14.8. The van der Waals surface area contributed by atoms with Gasteiger partial charge in [-0.25, -0.2) is 9.97 Å². The molecule has 4 aromatic rings. The molecule has 10 atom stereocenters. The predicted octanol–water partition coefficient (Wildman–Crippen LogP) is 5.47. The van der Waals surface area contributed by atoms with Crippen LogP contribution in [-0.2, 0) is 9.59 Å². The second-order valence-electron chi connectivity index (χ2n) is 13.9. The normalized spacial score (nSPS) is 42.6. The van der Waals surface area contributed by atoms with E-state index in [9.17, 15) is 9.59 Å². The summed E-state index contributed by atoms with van der Waals surface area (Å²) in [4.78, 5) is 46.3. The van der Waals surface area contributed by atoms with E-state index < -0.39 is 0 Å². The first-order valence-electron chi connectivity index (χ1n) is 14.8. The molecule has 0 N–H and O–H groups in total. The van der Waals surface area contributed by atoms with Gasteiger partial charge in [0.25, 0.3) is 0 Å². The second-order valence-corrected chi connectivity index (χ2v) is 13.9. The van der Waals surface area contributed by atoms with Crippen LogP contribution in [0.2, 0.25) is 0 Å². The van der Waals surface area contributed by atoms with Crippen LogP contribution in [0.5, 0.6) is 0 Å². The molecule has 1 aromatic carbocycles. The monoisotopic (exact) mass is 522 g/mol. The van der Waals surface area contributed by atoms with Crippen molar-refractivity contribution in [1.82, 2.24) is 19.9 Å². The molecule has 4 saturated carbocycles. The van der Waals surface area contributed by atoms with Crippen molar-refractivity contribution < 1.29 is 9.59 Å². The quantitative estimate of drug-likeness (QED) is 0.173. The molecule has 194 valence electrons. The maximum absolute atomic E-state index is 13.0. The van der Waals surface area contributed by atoms with Gasteiger partial charge in [0.05, 0.1) is 33.5 Å². The highest BCUT2D eigenvalue weighted by atomic mass is 16.1. The zero-order valence-corrected chi connectivity index (χ0v) is 22.3. The maximum atomic E-state index is 13.0. The first-order chi connectivity index (χ1) is 19.4.